The molecule has 0 aromatic carbocycles. The van der Waals surface area contributed by atoms with E-state index in [2.05, 4.69) is 106 Å². The first-order chi connectivity index (χ1) is 41.0. The molecule has 480 valence electrons. The van der Waals surface area contributed by atoms with Crippen molar-refractivity contribution in [2.75, 3.05) is 13.2 Å². The molecule has 83 heavy (non-hydrogen) atoms. The van der Waals surface area contributed by atoms with Gasteiger partial charge in [-0.1, -0.05) is 337 Å². The number of carbonyl (C=O) groups excluding carboxylic acids is 3. The fourth-order valence-corrected chi connectivity index (χ4v) is 10.5. The lowest BCUT2D eigenvalue weighted by Gasteiger charge is -2.18. The monoisotopic (exact) mass is 1160 g/mol. The number of rotatable bonds is 66. The summed E-state index contributed by atoms with van der Waals surface area (Å²) in [6.07, 6.45) is 94.6. The van der Waals surface area contributed by atoms with Crippen LogP contribution in [0, 0.1) is 0 Å². The zero-order valence-corrected chi connectivity index (χ0v) is 55.2. The Hall–Kier alpha value is -3.41. The van der Waals surface area contributed by atoms with Crippen LogP contribution in [0.25, 0.3) is 0 Å². The largest absolute Gasteiger partial charge is 0.462 e. The molecular formula is C77H136O6. The topological polar surface area (TPSA) is 78.9 Å². The van der Waals surface area contributed by atoms with E-state index in [1.165, 1.54) is 218 Å². The predicted molar refractivity (Wildman–Crippen MR) is 362 cm³/mol. The first-order valence-corrected chi connectivity index (χ1v) is 36.1. The van der Waals surface area contributed by atoms with Crippen LogP contribution in [-0.4, -0.2) is 37.2 Å². The maximum atomic E-state index is 13.0. The van der Waals surface area contributed by atoms with E-state index in [9.17, 15) is 14.4 Å². The lowest BCUT2D eigenvalue weighted by molar-refractivity contribution is -0.167. The minimum Gasteiger partial charge on any atom is -0.462 e. The van der Waals surface area contributed by atoms with Gasteiger partial charge in [0.2, 0.25) is 0 Å². The van der Waals surface area contributed by atoms with E-state index in [0.717, 1.165) is 109 Å². The Morgan fingerprint density at radius 1 is 0.253 bits per heavy atom. The van der Waals surface area contributed by atoms with Crippen molar-refractivity contribution < 1.29 is 28.6 Å². The quantitative estimate of drug-likeness (QED) is 0.0261. The Bertz CT molecular complexity index is 1570. The zero-order valence-electron chi connectivity index (χ0n) is 55.2. The first-order valence-electron chi connectivity index (χ1n) is 36.1. The van der Waals surface area contributed by atoms with E-state index >= 15 is 0 Å². The number of hydrogen-bond donors (Lipinski definition) is 0. The summed E-state index contributed by atoms with van der Waals surface area (Å²) in [7, 11) is 0. The second-order valence-corrected chi connectivity index (χ2v) is 24.1. The molecule has 0 aliphatic heterocycles. The minimum atomic E-state index is -0.788. The van der Waals surface area contributed by atoms with Gasteiger partial charge in [0, 0.05) is 19.3 Å². The van der Waals surface area contributed by atoms with Crippen LogP contribution in [0.1, 0.15) is 367 Å². The summed E-state index contributed by atoms with van der Waals surface area (Å²) in [4.78, 5) is 38.5. The molecule has 0 aliphatic carbocycles. The predicted octanol–water partition coefficient (Wildman–Crippen LogP) is 25.0. The van der Waals surface area contributed by atoms with E-state index < -0.39 is 6.10 Å². The molecule has 0 aromatic heterocycles. The summed E-state index contributed by atoms with van der Waals surface area (Å²) in [5, 5.41) is 0. The molecule has 6 heteroatoms. The molecule has 0 saturated carbocycles. The highest BCUT2D eigenvalue weighted by Crippen LogP contribution is 2.18. The Balaban J connectivity index is 4.35. The molecule has 0 aliphatic rings. The smallest absolute Gasteiger partial charge is 0.306 e. The van der Waals surface area contributed by atoms with Crippen molar-refractivity contribution in [1.29, 1.82) is 0 Å². The SMILES string of the molecule is CC/C=C\C/C=C\C/C=C\C/C=C\C/C=C\CCCCCCCCCC(=O)OC(COC(=O)CCCCCCCCC/C=C\C/C=C\CCCCC)COC(=O)CCCCCCCCCCCCCCCCCCCCCCCCCCC. The van der Waals surface area contributed by atoms with E-state index in [4.69, 9.17) is 14.2 Å². The number of allylic oxidation sites excluding steroid dienone is 14. The average molecular weight is 1160 g/mol. The highest BCUT2D eigenvalue weighted by Gasteiger charge is 2.19. The first kappa shape index (κ1) is 79.6. The van der Waals surface area contributed by atoms with Crippen molar-refractivity contribution in [3.63, 3.8) is 0 Å². The molecule has 0 spiro atoms. The third-order valence-electron chi connectivity index (χ3n) is 15.9. The third-order valence-corrected chi connectivity index (χ3v) is 15.9. The lowest BCUT2D eigenvalue weighted by atomic mass is 10.0. The van der Waals surface area contributed by atoms with Gasteiger partial charge in [0.05, 0.1) is 0 Å². The molecule has 6 nitrogen and oxygen atoms in total. The molecule has 0 heterocycles. The molecule has 1 unspecified atom stereocenters. The van der Waals surface area contributed by atoms with Gasteiger partial charge in [0.15, 0.2) is 6.10 Å². The van der Waals surface area contributed by atoms with Crippen LogP contribution in [0.2, 0.25) is 0 Å². The third kappa shape index (κ3) is 69.3. The number of esters is 3. The fraction of sp³-hybridized carbons (Fsp3) is 0.779. The maximum Gasteiger partial charge on any atom is 0.306 e. The van der Waals surface area contributed by atoms with Crippen molar-refractivity contribution in [2.24, 2.45) is 0 Å². The van der Waals surface area contributed by atoms with E-state index in [0.29, 0.717) is 19.3 Å². The van der Waals surface area contributed by atoms with Crippen LogP contribution < -0.4 is 0 Å². The van der Waals surface area contributed by atoms with Crippen molar-refractivity contribution in [3.8, 4) is 0 Å². The zero-order chi connectivity index (χ0) is 59.9. The van der Waals surface area contributed by atoms with E-state index in [-0.39, 0.29) is 31.1 Å². The van der Waals surface area contributed by atoms with Gasteiger partial charge in [-0.2, -0.15) is 0 Å². The van der Waals surface area contributed by atoms with Gasteiger partial charge < -0.3 is 14.2 Å². The van der Waals surface area contributed by atoms with Gasteiger partial charge in [-0.05, 0) is 96.3 Å². The summed E-state index contributed by atoms with van der Waals surface area (Å²) < 4.78 is 17.0. The molecule has 0 aromatic rings. The lowest BCUT2D eigenvalue weighted by Crippen LogP contribution is -2.30. The molecular weight excluding hydrogens is 1020 g/mol. The van der Waals surface area contributed by atoms with Crippen molar-refractivity contribution in [2.45, 2.75) is 374 Å². The summed E-state index contributed by atoms with van der Waals surface area (Å²) >= 11 is 0. The number of carbonyl (C=O) groups is 3. The normalized spacial score (nSPS) is 12.6. The van der Waals surface area contributed by atoms with E-state index in [1.807, 2.05) is 0 Å². The van der Waals surface area contributed by atoms with E-state index in [1.54, 1.807) is 0 Å². The summed E-state index contributed by atoms with van der Waals surface area (Å²) in [6.45, 7) is 6.54. The Labute approximate surface area is 515 Å². The van der Waals surface area contributed by atoms with Crippen molar-refractivity contribution in [1.82, 2.24) is 0 Å². The second-order valence-electron chi connectivity index (χ2n) is 24.1. The molecule has 0 radical (unpaired) electrons. The van der Waals surface area contributed by atoms with Crippen molar-refractivity contribution in [3.05, 3.63) is 85.1 Å². The van der Waals surface area contributed by atoms with Crippen LogP contribution in [0.5, 0.6) is 0 Å². The molecule has 0 fully saturated rings. The van der Waals surface area contributed by atoms with Crippen LogP contribution >= 0.6 is 0 Å². The average Bonchev–Trinajstić information content (AvgIpc) is 3.49. The molecule has 0 amide bonds. The Morgan fingerprint density at radius 2 is 0.470 bits per heavy atom. The Kier molecular flexibility index (Phi) is 68.2. The minimum absolute atomic E-state index is 0.0805. The van der Waals surface area contributed by atoms with Crippen LogP contribution in [0.3, 0.4) is 0 Å². The number of unbranched alkanes of at least 4 members (excludes halogenated alkanes) is 41. The van der Waals surface area contributed by atoms with Gasteiger partial charge >= 0.3 is 17.9 Å². The van der Waals surface area contributed by atoms with Crippen LogP contribution in [-0.2, 0) is 28.6 Å². The second kappa shape index (κ2) is 71.1. The standard InChI is InChI=1S/C77H136O6/c1-4-7-10-13-16-19-22-25-28-31-33-35-37-38-40-41-43-46-49-52-55-58-61-64-67-70-76(79)82-73-74(72-81-75(78)69-66-63-60-57-54-51-48-45-30-27-24-21-18-15-12-9-6-3)83-77(80)71-68-65-62-59-56-53-50-47-44-42-39-36-34-32-29-26-23-20-17-14-11-8-5-2/h8,11,17-18,20-21,26-27,29-30,34,36,42,44,74H,4-7,9-10,12-16,19,22-25,28,31-33,35,37-41,43,45-73H2,1-3H3/b11-8-,20-17-,21-18-,29-26-,30-27-,36-34-,44-42-. The molecule has 1 atom stereocenters. The van der Waals surface area contributed by atoms with Gasteiger partial charge in [-0.3, -0.25) is 14.4 Å². The maximum absolute atomic E-state index is 13.0. The highest BCUT2D eigenvalue weighted by molar-refractivity contribution is 5.71. The van der Waals surface area contributed by atoms with Crippen LogP contribution in [0.4, 0.5) is 0 Å². The van der Waals surface area contributed by atoms with Crippen molar-refractivity contribution >= 4 is 17.9 Å². The molecule has 0 saturated heterocycles. The van der Waals surface area contributed by atoms with Crippen LogP contribution in [0.15, 0.2) is 85.1 Å². The molecule has 0 N–H and O–H groups in total. The van der Waals surface area contributed by atoms with Gasteiger partial charge in [0.25, 0.3) is 0 Å². The highest BCUT2D eigenvalue weighted by atomic mass is 16.6. The molecule has 0 rings (SSSR count). The Morgan fingerprint density at radius 3 is 0.759 bits per heavy atom. The summed E-state index contributed by atoms with van der Waals surface area (Å²) in [6, 6.07) is 0. The fourth-order valence-electron chi connectivity index (χ4n) is 10.5. The number of hydrogen-bond acceptors (Lipinski definition) is 6. The number of ether oxygens (including phenoxy) is 3. The molecule has 0 bridgehead atoms. The van der Waals surface area contributed by atoms with Gasteiger partial charge in [0.1, 0.15) is 13.2 Å². The summed E-state index contributed by atoms with van der Waals surface area (Å²) in [5.74, 6) is -0.879. The van der Waals surface area contributed by atoms with Gasteiger partial charge in [-0.25, -0.2) is 0 Å². The summed E-state index contributed by atoms with van der Waals surface area (Å²) in [5.41, 5.74) is 0. The van der Waals surface area contributed by atoms with Gasteiger partial charge in [-0.15, -0.1) is 0 Å².